The van der Waals surface area contributed by atoms with Crippen LogP contribution in [0.2, 0.25) is 0 Å². The van der Waals surface area contributed by atoms with E-state index in [1.54, 1.807) is 6.07 Å². The second kappa shape index (κ2) is 8.76. The number of nitrogens with one attached hydrogen (secondary N) is 2. The van der Waals surface area contributed by atoms with Gasteiger partial charge >= 0.3 is 11.7 Å². The summed E-state index contributed by atoms with van der Waals surface area (Å²) in [5, 5.41) is 11.8. The smallest absolute Gasteiger partial charge is 0.336 e. The Hall–Kier alpha value is -3.69. The van der Waals surface area contributed by atoms with E-state index >= 15 is 0 Å². The van der Waals surface area contributed by atoms with Gasteiger partial charge in [-0.05, 0) is 25.0 Å². The van der Waals surface area contributed by atoms with Crippen molar-refractivity contribution < 1.29 is 14.7 Å². The van der Waals surface area contributed by atoms with E-state index in [1.165, 1.54) is 27.3 Å². The van der Waals surface area contributed by atoms with Gasteiger partial charge in [0.15, 0.2) is 5.65 Å². The number of carbonyl (C=O) groups is 2. The molecule has 0 fully saturated rings. The van der Waals surface area contributed by atoms with E-state index in [0.29, 0.717) is 31.8 Å². The largest absolute Gasteiger partial charge is 0.478 e. The molecule has 0 atom stereocenters. The molecule has 3 N–H and O–H groups in total. The summed E-state index contributed by atoms with van der Waals surface area (Å²) < 4.78 is 2.63. The number of aromatic carboxylic acids is 1. The van der Waals surface area contributed by atoms with Gasteiger partial charge in [-0.15, -0.1) is 0 Å². The van der Waals surface area contributed by atoms with Crippen LogP contribution in [0.25, 0.3) is 11.2 Å². The third kappa shape index (κ3) is 3.88. The minimum atomic E-state index is -1.20. The van der Waals surface area contributed by atoms with E-state index in [1.807, 2.05) is 13.8 Å². The molecule has 0 spiro atoms. The van der Waals surface area contributed by atoms with Gasteiger partial charge in [-0.2, -0.15) is 0 Å². The topological polar surface area (TPSA) is 139 Å². The van der Waals surface area contributed by atoms with Crippen molar-refractivity contribution in [2.45, 2.75) is 46.3 Å². The summed E-state index contributed by atoms with van der Waals surface area (Å²) >= 11 is 0. The third-order valence-corrected chi connectivity index (χ3v) is 4.62. The highest BCUT2D eigenvalue weighted by Crippen LogP contribution is 2.10. The molecular formula is C20H23N5O5. The second-order valence-electron chi connectivity index (χ2n) is 6.81. The van der Waals surface area contributed by atoms with E-state index < -0.39 is 23.1 Å². The molecule has 10 heteroatoms. The van der Waals surface area contributed by atoms with Gasteiger partial charge in [0.1, 0.15) is 11.3 Å². The Bertz CT molecular complexity index is 1220. The Morgan fingerprint density at radius 2 is 1.70 bits per heavy atom. The monoisotopic (exact) mass is 413 g/mol. The van der Waals surface area contributed by atoms with Crippen molar-refractivity contribution in [1.29, 1.82) is 0 Å². The predicted molar refractivity (Wildman–Crippen MR) is 110 cm³/mol. The minimum absolute atomic E-state index is 0.0225. The van der Waals surface area contributed by atoms with E-state index in [2.05, 4.69) is 15.3 Å². The Labute approximate surface area is 171 Å². The van der Waals surface area contributed by atoms with Crippen LogP contribution in [0.3, 0.4) is 0 Å². The normalized spacial score (nSPS) is 11.0. The van der Waals surface area contributed by atoms with E-state index in [9.17, 15) is 24.3 Å². The number of rotatable bonds is 8. The van der Waals surface area contributed by atoms with Crippen LogP contribution in [0.5, 0.6) is 0 Å². The molecule has 0 radical (unpaired) electrons. The first-order valence-electron chi connectivity index (χ1n) is 9.71. The van der Waals surface area contributed by atoms with Gasteiger partial charge in [0.05, 0.1) is 17.7 Å². The fraction of sp³-hybridized carbons (Fsp3) is 0.350. The second-order valence-corrected chi connectivity index (χ2v) is 6.81. The van der Waals surface area contributed by atoms with Gasteiger partial charge < -0.3 is 15.4 Å². The molecule has 0 unspecified atom stereocenters. The van der Waals surface area contributed by atoms with Crippen molar-refractivity contribution in [3.05, 3.63) is 62.1 Å². The number of hydrogen-bond donors (Lipinski definition) is 3. The molecule has 0 bridgehead atoms. The van der Waals surface area contributed by atoms with E-state index in [0.717, 1.165) is 0 Å². The van der Waals surface area contributed by atoms with Crippen LogP contribution in [0, 0.1) is 0 Å². The molecule has 0 aliphatic rings. The van der Waals surface area contributed by atoms with Crippen molar-refractivity contribution in [3.8, 4) is 0 Å². The van der Waals surface area contributed by atoms with Crippen LogP contribution >= 0.6 is 0 Å². The molecule has 30 heavy (non-hydrogen) atoms. The van der Waals surface area contributed by atoms with Gasteiger partial charge in [-0.1, -0.05) is 26.0 Å². The summed E-state index contributed by atoms with van der Waals surface area (Å²) in [6, 6.07) is 5.87. The lowest BCUT2D eigenvalue weighted by atomic mass is 10.1. The summed E-state index contributed by atoms with van der Waals surface area (Å²) in [6.07, 6.45) is 1.32. The molecule has 158 valence electrons. The summed E-state index contributed by atoms with van der Waals surface area (Å²) in [4.78, 5) is 56.4. The Kier molecular flexibility index (Phi) is 6.14. The third-order valence-electron chi connectivity index (χ3n) is 4.62. The first-order chi connectivity index (χ1) is 14.4. The molecule has 1 aromatic carbocycles. The molecule has 2 aromatic heterocycles. The first kappa shape index (κ1) is 21.0. The molecular weight excluding hydrogens is 390 g/mol. The van der Waals surface area contributed by atoms with Crippen LogP contribution in [-0.2, 0) is 19.6 Å². The lowest BCUT2D eigenvalue weighted by Crippen LogP contribution is -2.40. The highest BCUT2D eigenvalue weighted by Gasteiger charge is 2.18. The number of amides is 1. The predicted octanol–water partition coefficient (Wildman–Crippen LogP) is 1.33. The number of fused-ring (bicyclic) bond motifs is 1. The van der Waals surface area contributed by atoms with Crippen molar-refractivity contribution >= 4 is 23.0 Å². The molecule has 3 rings (SSSR count). The SMILES string of the molecule is CCCn1c(=O)c2[nH]c(CNC(=O)c3ccccc3C(=O)O)nc2n(CCC)c1=O. The Balaban J connectivity index is 1.95. The molecule has 0 saturated heterocycles. The maximum Gasteiger partial charge on any atom is 0.336 e. The number of nitrogens with zero attached hydrogens (tertiary/aromatic N) is 3. The van der Waals surface area contributed by atoms with Crippen LogP contribution in [0.1, 0.15) is 53.2 Å². The van der Waals surface area contributed by atoms with Crippen molar-refractivity contribution in [1.82, 2.24) is 24.4 Å². The highest BCUT2D eigenvalue weighted by atomic mass is 16.4. The van der Waals surface area contributed by atoms with Gasteiger partial charge in [0.2, 0.25) is 0 Å². The van der Waals surface area contributed by atoms with Crippen LogP contribution in [-0.4, -0.2) is 36.1 Å². The van der Waals surface area contributed by atoms with Gasteiger partial charge in [0.25, 0.3) is 11.5 Å². The fourth-order valence-corrected chi connectivity index (χ4v) is 3.27. The van der Waals surface area contributed by atoms with E-state index in [-0.39, 0.29) is 28.8 Å². The van der Waals surface area contributed by atoms with Crippen molar-refractivity contribution in [2.24, 2.45) is 0 Å². The summed E-state index contributed by atoms with van der Waals surface area (Å²) in [7, 11) is 0. The summed E-state index contributed by atoms with van der Waals surface area (Å²) in [5.74, 6) is -1.49. The van der Waals surface area contributed by atoms with Crippen LogP contribution in [0.4, 0.5) is 0 Å². The van der Waals surface area contributed by atoms with Crippen LogP contribution < -0.4 is 16.6 Å². The summed E-state index contributed by atoms with van der Waals surface area (Å²) in [6.45, 7) is 4.44. The zero-order valence-corrected chi connectivity index (χ0v) is 16.8. The number of imidazole rings is 1. The van der Waals surface area contributed by atoms with Crippen molar-refractivity contribution in [2.75, 3.05) is 0 Å². The molecule has 1 amide bonds. The lowest BCUT2D eigenvalue weighted by molar-refractivity contribution is 0.0691. The number of carboxylic acids is 1. The number of aromatic amines is 1. The first-order valence-corrected chi connectivity index (χ1v) is 9.71. The highest BCUT2D eigenvalue weighted by molar-refractivity contribution is 6.04. The molecule has 0 saturated carbocycles. The number of hydrogen-bond acceptors (Lipinski definition) is 5. The standard InChI is InChI=1S/C20H23N5O5/c1-3-9-24-16-15(18(27)25(10-4-2)20(24)30)22-14(23-16)11-21-17(26)12-7-5-6-8-13(12)19(28)29/h5-8H,3-4,9-11H2,1-2H3,(H,21,26)(H,22,23)(H,28,29). The number of aryl methyl sites for hydroxylation is 1. The average molecular weight is 413 g/mol. The van der Waals surface area contributed by atoms with Gasteiger partial charge in [0, 0.05) is 13.1 Å². The molecule has 0 aliphatic heterocycles. The number of carboxylic acid groups (broad SMARTS) is 1. The molecule has 0 aliphatic carbocycles. The summed E-state index contributed by atoms with van der Waals surface area (Å²) in [5.41, 5.74) is -0.506. The Morgan fingerprint density at radius 1 is 1.07 bits per heavy atom. The van der Waals surface area contributed by atoms with Crippen molar-refractivity contribution in [3.63, 3.8) is 0 Å². The zero-order chi connectivity index (χ0) is 21.8. The van der Waals surface area contributed by atoms with Gasteiger partial charge in [-0.3, -0.25) is 18.7 Å². The average Bonchev–Trinajstić information content (AvgIpc) is 3.16. The van der Waals surface area contributed by atoms with Gasteiger partial charge in [-0.25, -0.2) is 14.6 Å². The number of benzene rings is 1. The molecule has 3 aromatic rings. The quantitative estimate of drug-likeness (QED) is 0.509. The zero-order valence-electron chi connectivity index (χ0n) is 16.8. The number of carbonyl (C=O) groups excluding carboxylic acids is 1. The van der Waals surface area contributed by atoms with Crippen LogP contribution in [0.15, 0.2) is 33.9 Å². The fourth-order valence-electron chi connectivity index (χ4n) is 3.27. The molecule has 2 heterocycles. The van der Waals surface area contributed by atoms with E-state index in [4.69, 9.17) is 0 Å². The number of aromatic nitrogens is 4. The maximum absolute atomic E-state index is 12.7. The lowest BCUT2D eigenvalue weighted by Gasteiger charge is -2.09. The maximum atomic E-state index is 12.7. The minimum Gasteiger partial charge on any atom is -0.478 e. The molecule has 10 nitrogen and oxygen atoms in total. The Morgan fingerprint density at radius 3 is 2.33 bits per heavy atom. The number of H-pyrrole nitrogens is 1.